The average molecular weight is 380 g/mol. The van der Waals surface area contributed by atoms with Crippen LogP contribution < -0.4 is 5.32 Å². The van der Waals surface area contributed by atoms with E-state index in [-0.39, 0.29) is 11.8 Å². The highest BCUT2D eigenvalue weighted by atomic mass is 16.2. The van der Waals surface area contributed by atoms with Gasteiger partial charge in [-0.25, -0.2) is 0 Å². The number of aryl methyl sites for hydroxylation is 2. The maximum Gasteiger partial charge on any atom is 0.253 e. The van der Waals surface area contributed by atoms with Crippen molar-refractivity contribution >= 4 is 11.8 Å². The molecule has 2 amide bonds. The molecule has 0 aliphatic carbocycles. The highest BCUT2D eigenvalue weighted by Gasteiger charge is 2.21. The summed E-state index contributed by atoms with van der Waals surface area (Å²) in [7, 11) is 0. The van der Waals surface area contributed by atoms with Crippen LogP contribution in [0.4, 0.5) is 0 Å². The summed E-state index contributed by atoms with van der Waals surface area (Å²) in [6.45, 7) is 7.89. The number of hydrogen-bond donors (Lipinski definition) is 1. The molecule has 2 aromatic carbocycles. The summed E-state index contributed by atoms with van der Waals surface area (Å²) in [5.74, 6) is 0.105. The van der Waals surface area contributed by atoms with Crippen LogP contribution in [0.5, 0.6) is 0 Å². The van der Waals surface area contributed by atoms with Crippen molar-refractivity contribution in [1.29, 1.82) is 0 Å². The Labute approximate surface area is 167 Å². The summed E-state index contributed by atoms with van der Waals surface area (Å²) in [6.07, 6.45) is 0.878. The molecule has 5 heteroatoms. The third-order valence-electron chi connectivity index (χ3n) is 5.12. The molecule has 0 bridgehead atoms. The Morgan fingerprint density at radius 1 is 0.929 bits per heavy atom. The average Bonchev–Trinajstić information content (AvgIpc) is 2.92. The lowest BCUT2D eigenvalue weighted by Gasteiger charge is -2.22. The third kappa shape index (κ3) is 5.67. The van der Waals surface area contributed by atoms with Crippen LogP contribution in [0.2, 0.25) is 0 Å². The molecule has 2 aromatic rings. The van der Waals surface area contributed by atoms with Gasteiger partial charge >= 0.3 is 0 Å². The lowest BCUT2D eigenvalue weighted by Crippen LogP contribution is -2.39. The van der Waals surface area contributed by atoms with Gasteiger partial charge in [0.05, 0.1) is 6.54 Å². The van der Waals surface area contributed by atoms with Crippen molar-refractivity contribution in [3.05, 3.63) is 70.8 Å². The van der Waals surface area contributed by atoms with Gasteiger partial charge in [0.25, 0.3) is 5.91 Å². The molecular formula is C23H29N3O2. The zero-order chi connectivity index (χ0) is 19.9. The minimum atomic E-state index is 0.0269. The predicted octanol–water partition coefficient (Wildman–Crippen LogP) is 2.77. The second kappa shape index (κ2) is 9.51. The van der Waals surface area contributed by atoms with Crippen LogP contribution in [0.15, 0.2) is 48.5 Å². The minimum absolute atomic E-state index is 0.0269. The van der Waals surface area contributed by atoms with E-state index in [1.165, 1.54) is 5.56 Å². The van der Waals surface area contributed by atoms with Crippen LogP contribution in [-0.4, -0.2) is 54.3 Å². The summed E-state index contributed by atoms with van der Waals surface area (Å²) in [5, 5.41) is 2.99. The minimum Gasteiger partial charge on any atom is -0.351 e. The molecule has 1 N–H and O–H groups in total. The maximum atomic E-state index is 12.7. The first-order valence-electron chi connectivity index (χ1n) is 9.92. The fourth-order valence-electron chi connectivity index (χ4n) is 3.46. The Morgan fingerprint density at radius 3 is 2.46 bits per heavy atom. The Bertz CT molecular complexity index is 817. The van der Waals surface area contributed by atoms with Crippen LogP contribution in [0.25, 0.3) is 0 Å². The molecule has 28 heavy (non-hydrogen) atoms. The van der Waals surface area contributed by atoms with Gasteiger partial charge in [0, 0.05) is 38.3 Å². The molecule has 1 aliphatic heterocycles. The van der Waals surface area contributed by atoms with Gasteiger partial charge < -0.3 is 10.2 Å². The predicted molar refractivity (Wildman–Crippen MR) is 111 cm³/mol. The van der Waals surface area contributed by atoms with Crippen LogP contribution in [-0.2, 0) is 11.3 Å². The van der Waals surface area contributed by atoms with E-state index in [4.69, 9.17) is 0 Å². The number of nitrogens with one attached hydrogen (secondary N) is 1. The first kappa shape index (κ1) is 20.1. The van der Waals surface area contributed by atoms with Gasteiger partial charge in [0.15, 0.2) is 0 Å². The summed E-state index contributed by atoms with van der Waals surface area (Å²) < 4.78 is 0. The van der Waals surface area contributed by atoms with Crippen LogP contribution in [0, 0.1) is 13.8 Å². The standard InChI is InChI=1S/C23H29N3O2/c1-18-7-9-20(10-8-18)16-24-22(27)17-25-11-4-12-26(14-13-25)23(28)21-6-3-5-19(2)15-21/h3,5-10,15H,4,11-14,16-17H2,1-2H3,(H,24,27). The molecule has 3 rings (SSSR count). The molecule has 148 valence electrons. The Hall–Kier alpha value is -2.66. The first-order valence-corrected chi connectivity index (χ1v) is 9.92. The second-order valence-electron chi connectivity index (χ2n) is 7.55. The van der Waals surface area contributed by atoms with Crippen LogP contribution in [0.3, 0.4) is 0 Å². The van der Waals surface area contributed by atoms with E-state index >= 15 is 0 Å². The highest BCUT2D eigenvalue weighted by Crippen LogP contribution is 2.11. The number of rotatable bonds is 5. The van der Waals surface area contributed by atoms with Crippen molar-refractivity contribution in [3.63, 3.8) is 0 Å². The van der Waals surface area contributed by atoms with E-state index in [1.807, 2.05) is 48.2 Å². The third-order valence-corrected chi connectivity index (χ3v) is 5.12. The SMILES string of the molecule is Cc1ccc(CNC(=O)CN2CCCN(C(=O)c3cccc(C)c3)CC2)cc1. The number of amides is 2. The molecule has 1 heterocycles. The van der Waals surface area contributed by atoms with Crippen LogP contribution >= 0.6 is 0 Å². The second-order valence-corrected chi connectivity index (χ2v) is 7.55. The van der Waals surface area contributed by atoms with Gasteiger partial charge in [0.1, 0.15) is 0 Å². The molecule has 5 nitrogen and oxygen atoms in total. The van der Waals surface area contributed by atoms with Gasteiger partial charge in [-0.15, -0.1) is 0 Å². The smallest absolute Gasteiger partial charge is 0.253 e. The van der Waals surface area contributed by atoms with Gasteiger partial charge in [-0.3, -0.25) is 14.5 Å². The lowest BCUT2D eigenvalue weighted by atomic mass is 10.1. The largest absolute Gasteiger partial charge is 0.351 e. The van der Waals surface area contributed by atoms with Crippen molar-refractivity contribution in [1.82, 2.24) is 15.1 Å². The first-order chi connectivity index (χ1) is 13.5. The number of hydrogen-bond acceptors (Lipinski definition) is 3. The number of benzene rings is 2. The quantitative estimate of drug-likeness (QED) is 0.869. The number of carbonyl (C=O) groups is 2. The van der Waals surface area contributed by atoms with E-state index < -0.39 is 0 Å². The topological polar surface area (TPSA) is 52.7 Å². The van der Waals surface area contributed by atoms with Gasteiger partial charge in [-0.2, -0.15) is 0 Å². The molecule has 1 aliphatic rings. The summed E-state index contributed by atoms with van der Waals surface area (Å²) in [6, 6.07) is 15.9. The lowest BCUT2D eigenvalue weighted by molar-refractivity contribution is -0.122. The highest BCUT2D eigenvalue weighted by molar-refractivity contribution is 5.94. The summed E-state index contributed by atoms with van der Waals surface area (Å²) in [5.41, 5.74) is 4.14. The normalized spacial score (nSPS) is 15.1. The van der Waals surface area contributed by atoms with E-state index in [2.05, 4.69) is 29.3 Å². The number of nitrogens with zero attached hydrogens (tertiary/aromatic N) is 2. The molecule has 0 spiro atoms. The molecule has 0 unspecified atom stereocenters. The van der Waals surface area contributed by atoms with Crippen molar-refractivity contribution in [2.75, 3.05) is 32.7 Å². The van der Waals surface area contributed by atoms with Crippen molar-refractivity contribution in [2.24, 2.45) is 0 Å². The monoisotopic (exact) mass is 379 g/mol. The zero-order valence-electron chi connectivity index (χ0n) is 16.8. The molecule has 0 radical (unpaired) electrons. The molecule has 0 atom stereocenters. The van der Waals surface area contributed by atoms with Gasteiger partial charge in [-0.05, 0) is 38.0 Å². The van der Waals surface area contributed by atoms with Gasteiger partial charge in [-0.1, -0.05) is 47.5 Å². The van der Waals surface area contributed by atoms with Crippen molar-refractivity contribution in [3.8, 4) is 0 Å². The van der Waals surface area contributed by atoms with E-state index in [0.717, 1.165) is 42.7 Å². The Morgan fingerprint density at radius 2 is 1.71 bits per heavy atom. The molecule has 0 aromatic heterocycles. The number of carbonyl (C=O) groups excluding carboxylic acids is 2. The van der Waals surface area contributed by atoms with Crippen molar-refractivity contribution < 1.29 is 9.59 Å². The Kier molecular flexibility index (Phi) is 6.82. The summed E-state index contributed by atoms with van der Waals surface area (Å²) in [4.78, 5) is 29.1. The molecule has 1 saturated heterocycles. The van der Waals surface area contributed by atoms with E-state index in [0.29, 0.717) is 19.6 Å². The molecule has 0 saturated carbocycles. The maximum absolute atomic E-state index is 12.7. The van der Waals surface area contributed by atoms with Crippen molar-refractivity contribution in [2.45, 2.75) is 26.8 Å². The zero-order valence-corrected chi connectivity index (χ0v) is 16.8. The fraction of sp³-hybridized carbons (Fsp3) is 0.391. The molecule has 1 fully saturated rings. The van der Waals surface area contributed by atoms with Gasteiger partial charge in [0.2, 0.25) is 5.91 Å². The summed E-state index contributed by atoms with van der Waals surface area (Å²) >= 11 is 0. The van der Waals surface area contributed by atoms with E-state index in [1.54, 1.807) is 0 Å². The Balaban J connectivity index is 1.47. The molecular weight excluding hydrogens is 350 g/mol. The van der Waals surface area contributed by atoms with E-state index in [9.17, 15) is 9.59 Å². The fourth-order valence-corrected chi connectivity index (χ4v) is 3.46. The van der Waals surface area contributed by atoms with Crippen LogP contribution in [0.1, 0.15) is 33.5 Å².